The molecule has 1 amide bonds. The summed E-state index contributed by atoms with van der Waals surface area (Å²) in [6, 6.07) is 11.6. The van der Waals surface area contributed by atoms with Gasteiger partial charge in [0.1, 0.15) is 11.6 Å². The average molecular weight is 406 g/mol. The molecule has 0 saturated heterocycles. The number of aliphatic imine (C=N–C) groups is 1. The van der Waals surface area contributed by atoms with E-state index in [1.54, 1.807) is 6.92 Å². The molecular weight excluding hydrogens is 386 g/mol. The van der Waals surface area contributed by atoms with Gasteiger partial charge in [-0.25, -0.2) is 13.6 Å². The molecule has 3 rings (SSSR count). The van der Waals surface area contributed by atoms with E-state index in [1.807, 2.05) is 30.3 Å². The number of hydrogen-bond donors (Lipinski definition) is 1. The number of rotatable bonds is 5. The lowest BCUT2D eigenvalue weighted by atomic mass is 10.1. The number of nitrogens with one attached hydrogen (secondary N) is 1. The first-order valence-electron chi connectivity index (χ1n) is 8.58. The molecule has 1 aliphatic rings. The predicted octanol–water partition coefficient (Wildman–Crippen LogP) is 3.38. The Labute approximate surface area is 163 Å². The third-order valence-corrected chi connectivity index (χ3v) is 8.03. The Kier molecular flexibility index (Phi) is 5.79. The maximum absolute atomic E-state index is 13.4. The van der Waals surface area contributed by atoms with Gasteiger partial charge in [0.05, 0.1) is 18.6 Å². The Hall–Kier alpha value is -2.74. The highest BCUT2D eigenvalue weighted by molar-refractivity contribution is 8.44. The highest BCUT2D eigenvalue weighted by atomic mass is 32.3. The molecule has 8 heteroatoms. The van der Waals surface area contributed by atoms with Crippen LogP contribution in [0.2, 0.25) is 0 Å². The predicted molar refractivity (Wildman–Crippen MR) is 104 cm³/mol. The molecule has 0 saturated carbocycles. The van der Waals surface area contributed by atoms with E-state index in [9.17, 15) is 18.4 Å². The van der Waals surface area contributed by atoms with E-state index >= 15 is 0 Å². The number of carbonyl (C=O) groups excluding carboxylic acids is 2. The minimum absolute atomic E-state index is 0.188. The second-order valence-electron chi connectivity index (χ2n) is 6.39. The Morgan fingerprint density at radius 3 is 2.43 bits per heavy atom. The van der Waals surface area contributed by atoms with Crippen molar-refractivity contribution in [3.05, 3.63) is 65.7 Å². The van der Waals surface area contributed by atoms with Crippen molar-refractivity contribution in [3.8, 4) is 0 Å². The third kappa shape index (κ3) is 4.06. The van der Waals surface area contributed by atoms with E-state index in [2.05, 4.69) is 9.71 Å². The van der Waals surface area contributed by atoms with Crippen LogP contribution in [0.3, 0.4) is 0 Å². The number of ether oxygens (including phenoxy) is 1. The van der Waals surface area contributed by atoms with Crippen molar-refractivity contribution in [2.45, 2.75) is 24.3 Å². The van der Waals surface area contributed by atoms with Crippen LogP contribution in [0, 0.1) is 11.6 Å². The lowest BCUT2D eigenvalue weighted by Gasteiger charge is -2.37. The summed E-state index contributed by atoms with van der Waals surface area (Å²) in [5.74, 6) is -2.05. The summed E-state index contributed by atoms with van der Waals surface area (Å²) in [5.41, 5.74) is 0.231. The van der Waals surface area contributed by atoms with E-state index in [0.717, 1.165) is 23.1 Å². The van der Waals surface area contributed by atoms with Gasteiger partial charge in [0.15, 0.2) is 6.04 Å². The molecule has 1 heterocycles. The van der Waals surface area contributed by atoms with Gasteiger partial charge in [0.2, 0.25) is 5.91 Å². The molecular formula is C20H20F2N2O3S. The van der Waals surface area contributed by atoms with Crippen LogP contribution in [-0.4, -0.2) is 35.8 Å². The minimum Gasteiger partial charge on any atom is -0.467 e. The van der Waals surface area contributed by atoms with E-state index in [0.29, 0.717) is 10.8 Å². The van der Waals surface area contributed by atoms with Crippen LogP contribution >= 0.6 is 10.2 Å². The number of carbonyl (C=O) groups is 2. The van der Waals surface area contributed by atoms with Gasteiger partial charge < -0.3 is 9.46 Å². The molecule has 5 nitrogen and oxygen atoms in total. The van der Waals surface area contributed by atoms with Crippen LogP contribution in [0.15, 0.2) is 58.4 Å². The molecule has 0 bridgehead atoms. The van der Waals surface area contributed by atoms with E-state index < -0.39 is 39.8 Å². The van der Waals surface area contributed by atoms with E-state index in [-0.39, 0.29) is 12.0 Å². The molecule has 1 unspecified atom stereocenters. The summed E-state index contributed by atoms with van der Waals surface area (Å²) < 4.78 is 34.7. The molecule has 1 N–H and O–H groups in total. The Morgan fingerprint density at radius 1 is 1.18 bits per heavy atom. The smallest absolute Gasteiger partial charge is 0.331 e. The Bertz CT molecular complexity index is 916. The summed E-state index contributed by atoms with van der Waals surface area (Å²) in [5, 5.41) is 0.646. The van der Waals surface area contributed by atoms with Gasteiger partial charge in [-0.1, -0.05) is 28.4 Å². The summed E-state index contributed by atoms with van der Waals surface area (Å²) >= 11 is 0. The molecule has 0 fully saturated rings. The highest BCUT2D eigenvalue weighted by Gasteiger charge is 2.42. The normalized spacial score (nSPS) is 23.4. The van der Waals surface area contributed by atoms with Gasteiger partial charge in [-0.3, -0.25) is 9.79 Å². The number of amides is 1. The van der Waals surface area contributed by atoms with Crippen LogP contribution in [0.4, 0.5) is 8.78 Å². The quantitative estimate of drug-likeness (QED) is 0.774. The topological polar surface area (TPSA) is 67.8 Å². The van der Waals surface area contributed by atoms with Crippen molar-refractivity contribution in [3.63, 3.8) is 0 Å². The van der Waals surface area contributed by atoms with Crippen molar-refractivity contribution in [1.82, 2.24) is 4.72 Å². The largest absolute Gasteiger partial charge is 0.467 e. The van der Waals surface area contributed by atoms with Crippen molar-refractivity contribution in [2.24, 2.45) is 4.99 Å². The monoisotopic (exact) mass is 406 g/mol. The van der Waals surface area contributed by atoms with Gasteiger partial charge >= 0.3 is 5.97 Å². The first-order valence-corrected chi connectivity index (χ1v) is 10.4. The number of halogens is 2. The van der Waals surface area contributed by atoms with Gasteiger partial charge in [-0.15, -0.1) is 0 Å². The second-order valence-corrected chi connectivity index (χ2v) is 9.46. The van der Waals surface area contributed by atoms with Gasteiger partial charge in [0, 0.05) is 16.7 Å². The summed E-state index contributed by atoms with van der Waals surface area (Å²) in [6.45, 7) is 1.77. The molecule has 0 aliphatic carbocycles. The van der Waals surface area contributed by atoms with Crippen molar-refractivity contribution in [2.75, 3.05) is 12.9 Å². The molecule has 2 aromatic carbocycles. The number of nitrogens with zero attached hydrogens (tertiary/aromatic N) is 1. The van der Waals surface area contributed by atoms with Crippen LogP contribution < -0.4 is 4.72 Å². The fourth-order valence-electron chi connectivity index (χ4n) is 3.18. The van der Waals surface area contributed by atoms with Gasteiger partial charge in [-0.2, -0.15) is 0 Å². The fourth-order valence-corrected chi connectivity index (χ4v) is 6.38. The molecule has 0 radical (unpaired) electrons. The van der Waals surface area contributed by atoms with E-state index in [1.165, 1.54) is 7.11 Å². The first kappa shape index (κ1) is 20.0. The third-order valence-electron chi connectivity index (χ3n) is 4.44. The molecule has 2 atom stereocenters. The molecule has 28 heavy (non-hydrogen) atoms. The van der Waals surface area contributed by atoms with Crippen molar-refractivity contribution < 1.29 is 23.1 Å². The van der Waals surface area contributed by atoms with Gasteiger partial charge in [-0.05, 0) is 36.8 Å². The lowest BCUT2D eigenvalue weighted by molar-refractivity contribution is -0.141. The molecule has 0 aromatic heterocycles. The SMILES string of the molecule is COC(=O)[C@@H]1CS(NC(=O)Cc2cc(F)cc(F)c2)(c2ccccc2)C(C)=N1. The van der Waals surface area contributed by atoms with E-state index in [4.69, 9.17) is 4.74 Å². The maximum Gasteiger partial charge on any atom is 0.331 e. The number of hydrogen-bond acceptors (Lipinski definition) is 4. The molecule has 0 spiro atoms. The van der Waals surface area contributed by atoms with Crippen LogP contribution in [0.5, 0.6) is 0 Å². The number of methoxy groups -OCH3 is 1. The average Bonchev–Trinajstić information content (AvgIpc) is 2.98. The summed E-state index contributed by atoms with van der Waals surface area (Å²) in [4.78, 5) is 30.0. The standard InChI is InChI=1S/C20H20F2N2O3S/c1-13-23-18(20(26)27-2)12-28(13,17-6-4-3-5-7-17)24-19(25)10-14-8-15(21)11-16(22)9-14/h3-9,11,18H,10,12H2,1-2H3,(H,24,25)/t18-/m0/s1. The fraction of sp³-hybridized carbons (Fsp3) is 0.250. The number of benzene rings is 2. The van der Waals surface area contributed by atoms with Crippen molar-refractivity contribution in [1.29, 1.82) is 0 Å². The van der Waals surface area contributed by atoms with Crippen molar-refractivity contribution >= 4 is 27.1 Å². The Balaban J connectivity index is 1.90. The lowest BCUT2D eigenvalue weighted by Crippen LogP contribution is -2.35. The Morgan fingerprint density at radius 2 is 1.82 bits per heavy atom. The second kappa shape index (κ2) is 8.10. The first-order chi connectivity index (χ1) is 13.3. The molecule has 1 aliphatic heterocycles. The summed E-state index contributed by atoms with van der Waals surface area (Å²) in [7, 11) is -0.807. The molecule has 2 aromatic rings. The van der Waals surface area contributed by atoms with Gasteiger partial charge in [0.25, 0.3) is 0 Å². The summed E-state index contributed by atoms with van der Waals surface area (Å²) in [6.07, 6.45) is -0.188. The maximum atomic E-state index is 13.4. The zero-order chi connectivity index (χ0) is 20.3. The van der Waals surface area contributed by atoms with Crippen LogP contribution in [0.1, 0.15) is 12.5 Å². The zero-order valence-electron chi connectivity index (χ0n) is 15.4. The number of esters is 1. The van der Waals surface area contributed by atoms with Crippen LogP contribution in [-0.2, 0) is 20.7 Å². The minimum atomic E-state index is -2.10. The molecule has 148 valence electrons. The highest BCUT2D eigenvalue weighted by Crippen LogP contribution is 2.57. The zero-order valence-corrected chi connectivity index (χ0v) is 16.3. The van der Waals surface area contributed by atoms with Crippen LogP contribution in [0.25, 0.3) is 0 Å².